The molecule has 1 aromatic rings. The Kier molecular flexibility index (Phi) is 5.42. The molecule has 2 rings (SSSR count). The summed E-state index contributed by atoms with van der Waals surface area (Å²) >= 11 is 3.33. The molecule has 0 bridgehead atoms. The summed E-state index contributed by atoms with van der Waals surface area (Å²) in [6, 6.07) is 1.80. The molecule has 2 N–H and O–H groups in total. The zero-order chi connectivity index (χ0) is 13.7. The number of aliphatic hydroxyl groups is 1. The minimum absolute atomic E-state index is 0.0412. The van der Waals surface area contributed by atoms with E-state index in [1.807, 2.05) is 4.90 Å². The van der Waals surface area contributed by atoms with Crippen LogP contribution in [0, 0.1) is 0 Å². The molecule has 5 nitrogen and oxygen atoms in total. The van der Waals surface area contributed by atoms with Crippen LogP contribution in [0.4, 0.5) is 0 Å². The largest absolute Gasteiger partial charge is 0.396 e. The number of aliphatic hydroxyl groups excluding tert-OH is 1. The van der Waals surface area contributed by atoms with E-state index in [1.165, 1.54) is 0 Å². The summed E-state index contributed by atoms with van der Waals surface area (Å²) in [6.45, 7) is 2.20. The van der Waals surface area contributed by atoms with Crippen LogP contribution in [0.3, 0.4) is 0 Å². The molecule has 19 heavy (non-hydrogen) atoms. The molecule has 1 amide bonds. The Morgan fingerprint density at radius 3 is 2.84 bits per heavy atom. The minimum Gasteiger partial charge on any atom is -0.396 e. The average molecular weight is 331 g/mol. The van der Waals surface area contributed by atoms with Gasteiger partial charge in [0.15, 0.2) is 0 Å². The number of aromatic amines is 1. The standard InChI is InChI=1S/C13H19BrN2O3/c14-10-8-12(15-9-10)13(18)16-4-2-11(3-5-16)19-7-1-6-17/h8-9,11,15,17H,1-7H2. The highest BCUT2D eigenvalue weighted by Crippen LogP contribution is 2.18. The van der Waals surface area contributed by atoms with Gasteiger partial charge in [0.25, 0.3) is 5.91 Å². The average Bonchev–Trinajstić information content (AvgIpc) is 2.86. The first-order valence-electron chi connectivity index (χ1n) is 6.56. The number of nitrogens with zero attached hydrogens (tertiary/aromatic N) is 1. The maximum atomic E-state index is 12.2. The first-order chi connectivity index (χ1) is 9.20. The van der Waals surface area contributed by atoms with Crippen molar-refractivity contribution < 1.29 is 14.6 Å². The van der Waals surface area contributed by atoms with Gasteiger partial charge in [-0.2, -0.15) is 0 Å². The van der Waals surface area contributed by atoms with Crippen LogP contribution in [0.15, 0.2) is 16.7 Å². The molecule has 6 heteroatoms. The molecule has 0 spiro atoms. The number of amides is 1. The van der Waals surface area contributed by atoms with Crippen molar-refractivity contribution in [1.29, 1.82) is 0 Å². The number of halogens is 1. The fourth-order valence-electron chi connectivity index (χ4n) is 2.20. The maximum Gasteiger partial charge on any atom is 0.270 e. The van der Waals surface area contributed by atoms with Gasteiger partial charge in [-0.15, -0.1) is 0 Å². The lowest BCUT2D eigenvalue weighted by atomic mass is 10.1. The number of ether oxygens (including phenoxy) is 1. The normalized spacial score (nSPS) is 16.8. The van der Waals surface area contributed by atoms with Crippen molar-refractivity contribution in [2.24, 2.45) is 0 Å². The number of hydrogen-bond donors (Lipinski definition) is 2. The Bertz CT molecular complexity index is 414. The number of carbonyl (C=O) groups is 1. The highest BCUT2D eigenvalue weighted by molar-refractivity contribution is 9.10. The van der Waals surface area contributed by atoms with Gasteiger partial charge in [0.05, 0.1) is 6.10 Å². The first kappa shape index (κ1) is 14.6. The van der Waals surface area contributed by atoms with Crippen LogP contribution in [0.1, 0.15) is 29.8 Å². The Balaban J connectivity index is 1.78. The van der Waals surface area contributed by atoms with Gasteiger partial charge in [0.2, 0.25) is 0 Å². The van der Waals surface area contributed by atoms with Gasteiger partial charge in [-0.25, -0.2) is 0 Å². The van der Waals surface area contributed by atoms with E-state index in [0.29, 0.717) is 18.7 Å². The number of carbonyl (C=O) groups excluding carboxylic acids is 1. The molecule has 106 valence electrons. The summed E-state index contributed by atoms with van der Waals surface area (Å²) in [6.07, 6.45) is 4.37. The second-order valence-corrected chi connectivity index (χ2v) is 5.59. The van der Waals surface area contributed by atoms with Crippen molar-refractivity contribution in [1.82, 2.24) is 9.88 Å². The topological polar surface area (TPSA) is 65.6 Å². The fourth-order valence-corrected chi connectivity index (χ4v) is 2.55. The lowest BCUT2D eigenvalue weighted by Gasteiger charge is -2.31. The van der Waals surface area contributed by atoms with Crippen LogP contribution in [0.2, 0.25) is 0 Å². The Labute approximate surface area is 121 Å². The number of hydrogen-bond acceptors (Lipinski definition) is 3. The van der Waals surface area contributed by atoms with E-state index in [4.69, 9.17) is 9.84 Å². The highest BCUT2D eigenvalue weighted by atomic mass is 79.9. The monoisotopic (exact) mass is 330 g/mol. The van der Waals surface area contributed by atoms with Gasteiger partial charge in [-0.05, 0) is 41.3 Å². The van der Waals surface area contributed by atoms with E-state index < -0.39 is 0 Å². The van der Waals surface area contributed by atoms with Gasteiger partial charge in [0, 0.05) is 37.0 Å². The maximum absolute atomic E-state index is 12.2. The van der Waals surface area contributed by atoms with Crippen molar-refractivity contribution in [2.45, 2.75) is 25.4 Å². The number of H-pyrrole nitrogens is 1. The second kappa shape index (κ2) is 7.07. The summed E-state index contributed by atoms with van der Waals surface area (Å²) in [5, 5.41) is 8.70. The lowest BCUT2D eigenvalue weighted by molar-refractivity contribution is 0.00385. The van der Waals surface area contributed by atoms with E-state index in [9.17, 15) is 4.79 Å². The molecular weight excluding hydrogens is 312 g/mol. The van der Waals surface area contributed by atoms with E-state index in [-0.39, 0.29) is 18.6 Å². The van der Waals surface area contributed by atoms with E-state index >= 15 is 0 Å². The molecular formula is C13H19BrN2O3. The zero-order valence-corrected chi connectivity index (χ0v) is 12.4. The third-order valence-electron chi connectivity index (χ3n) is 3.26. The molecule has 2 heterocycles. The Morgan fingerprint density at radius 2 is 2.26 bits per heavy atom. The number of likely N-dealkylation sites (tertiary alicyclic amines) is 1. The van der Waals surface area contributed by atoms with Gasteiger partial charge >= 0.3 is 0 Å². The SMILES string of the molecule is O=C(c1cc(Br)c[nH]1)N1CCC(OCCCO)CC1. The van der Waals surface area contributed by atoms with Gasteiger partial charge < -0.3 is 19.7 Å². The zero-order valence-electron chi connectivity index (χ0n) is 10.8. The third kappa shape index (κ3) is 4.06. The molecule has 1 fully saturated rings. The van der Waals surface area contributed by atoms with Crippen LogP contribution in [0.5, 0.6) is 0 Å². The fraction of sp³-hybridized carbons (Fsp3) is 0.615. The molecule has 0 unspecified atom stereocenters. The smallest absolute Gasteiger partial charge is 0.270 e. The van der Waals surface area contributed by atoms with Crippen LogP contribution >= 0.6 is 15.9 Å². The minimum atomic E-state index is 0.0412. The third-order valence-corrected chi connectivity index (χ3v) is 3.72. The van der Waals surface area contributed by atoms with Gasteiger partial charge in [-0.3, -0.25) is 4.79 Å². The molecule has 1 aromatic heterocycles. The Hall–Kier alpha value is -0.850. The van der Waals surface area contributed by atoms with Crippen molar-refractivity contribution in [3.05, 3.63) is 22.4 Å². The van der Waals surface area contributed by atoms with Crippen LogP contribution in [0.25, 0.3) is 0 Å². The summed E-state index contributed by atoms with van der Waals surface area (Å²) in [5.74, 6) is 0.0412. The molecule has 1 aliphatic rings. The lowest BCUT2D eigenvalue weighted by Crippen LogP contribution is -2.41. The summed E-state index contributed by atoms with van der Waals surface area (Å²) in [4.78, 5) is 17.0. The first-order valence-corrected chi connectivity index (χ1v) is 7.35. The van der Waals surface area contributed by atoms with Gasteiger partial charge in [-0.1, -0.05) is 0 Å². The van der Waals surface area contributed by atoms with E-state index in [1.54, 1.807) is 12.3 Å². The molecule has 1 saturated heterocycles. The summed E-state index contributed by atoms with van der Waals surface area (Å²) in [5.41, 5.74) is 0.617. The van der Waals surface area contributed by atoms with Crippen molar-refractivity contribution in [3.8, 4) is 0 Å². The van der Waals surface area contributed by atoms with E-state index in [2.05, 4.69) is 20.9 Å². The van der Waals surface area contributed by atoms with Crippen LogP contribution in [-0.4, -0.2) is 53.3 Å². The van der Waals surface area contributed by atoms with E-state index in [0.717, 1.165) is 30.4 Å². The predicted molar refractivity (Wildman–Crippen MR) is 75.1 cm³/mol. The Morgan fingerprint density at radius 1 is 1.53 bits per heavy atom. The molecule has 0 aromatic carbocycles. The van der Waals surface area contributed by atoms with Crippen molar-refractivity contribution >= 4 is 21.8 Å². The molecule has 0 atom stereocenters. The molecule has 1 aliphatic heterocycles. The van der Waals surface area contributed by atoms with Crippen molar-refractivity contribution in [2.75, 3.05) is 26.3 Å². The van der Waals surface area contributed by atoms with Crippen LogP contribution in [-0.2, 0) is 4.74 Å². The number of rotatable bonds is 5. The molecule has 0 saturated carbocycles. The number of aromatic nitrogens is 1. The second-order valence-electron chi connectivity index (χ2n) is 4.67. The predicted octanol–water partition coefficient (Wildman–Crippen LogP) is 1.78. The highest BCUT2D eigenvalue weighted by Gasteiger charge is 2.24. The van der Waals surface area contributed by atoms with Gasteiger partial charge in [0.1, 0.15) is 5.69 Å². The summed E-state index contributed by atoms with van der Waals surface area (Å²) in [7, 11) is 0. The quantitative estimate of drug-likeness (QED) is 0.809. The molecule has 0 aliphatic carbocycles. The van der Waals surface area contributed by atoms with Crippen LogP contribution < -0.4 is 0 Å². The number of piperidine rings is 1. The summed E-state index contributed by atoms with van der Waals surface area (Å²) < 4.78 is 6.54. The van der Waals surface area contributed by atoms with Crippen molar-refractivity contribution in [3.63, 3.8) is 0 Å². The molecule has 0 radical (unpaired) electrons. The number of nitrogens with one attached hydrogen (secondary N) is 1.